The molecule has 3 fully saturated rings. The summed E-state index contributed by atoms with van der Waals surface area (Å²) in [4.78, 5) is 12.3. The van der Waals surface area contributed by atoms with E-state index in [0.29, 0.717) is 6.42 Å². The summed E-state index contributed by atoms with van der Waals surface area (Å²) in [6.45, 7) is 25.8. The average molecular weight is 416 g/mol. The van der Waals surface area contributed by atoms with Crippen molar-refractivity contribution in [1.82, 2.24) is 0 Å². The minimum absolute atomic E-state index is 0.0371. The first-order valence-electron chi connectivity index (χ1n) is 10.7. The second kappa shape index (κ2) is 7.44. The lowest BCUT2D eigenvalue weighted by atomic mass is 9.51. The van der Waals surface area contributed by atoms with Crippen molar-refractivity contribution in [1.29, 1.82) is 0 Å². The van der Waals surface area contributed by atoms with Gasteiger partial charge in [-0.25, -0.2) is 18.1 Å². The molecule has 8 atom stereocenters. The van der Waals surface area contributed by atoms with Gasteiger partial charge in [0.05, 0.1) is 28.3 Å². The molecule has 1 saturated heterocycles. The van der Waals surface area contributed by atoms with E-state index in [2.05, 4.69) is 26.8 Å². The van der Waals surface area contributed by atoms with Crippen molar-refractivity contribution in [2.24, 2.45) is 22.7 Å². The second-order valence-electron chi connectivity index (χ2n) is 10.6. The van der Waals surface area contributed by atoms with Crippen LogP contribution >= 0.6 is 12.2 Å². The molecule has 2 aliphatic carbocycles. The quantitative estimate of drug-likeness (QED) is 0.403. The Kier molecular flexibility index (Phi) is 5.74. The van der Waals surface area contributed by atoms with E-state index in [0.717, 1.165) is 32.1 Å². The fourth-order valence-electron chi connectivity index (χ4n) is 6.37. The molecule has 1 N–H and O–H groups in total. The van der Waals surface area contributed by atoms with Crippen LogP contribution in [-0.4, -0.2) is 44.7 Å². The Morgan fingerprint density at radius 2 is 1.76 bits per heavy atom. The number of hydrogen-bond donors (Lipinski definition) is 1. The standard InChI is InChI=1S/C23H33N3O2S/c1-20(2,26-14-29)17-10-13-23(5,28-17)16-8-11-21(3,25-7)15-9-12-22(4,27)19(24-6)18(15)16/h15-19,27H,8-13H2,1-5H3/t15-,16?,17?,18?,19+,21-,22+,23+/m0/s1. The van der Waals surface area contributed by atoms with Gasteiger partial charge in [0.2, 0.25) is 5.54 Å². The Bertz CT molecular complexity index is 791. The molecule has 3 aliphatic rings. The molecule has 0 bridgehead atoms. The zero-order valence-electron chi connectivity index (χ0n) is 18.2. The van der Waals surface area contributed by atoms with E-state index in [9.17, 15) is 5.11 Å². The van der Waals surface area contributed by atoms with Crippen LogP contribution in [-0.2, 0) is 4.74 Å². The van der Waals surface area contributed by atoms with Crippen molar-refractivity contribution in [3.8, 4) is 0 Å². The van der Waals surface area contributed by atoms with Gasteiger partial charge in [0.25, 0.3) is 6.04 Å². The first-order chi connectivity index (χ1) is 13.4. The van der Waals surface area contributed by atoms with Gasteiger partial charge >= 0.3 is 0 Å². The number of isothiocyanates is 1. The minimum Gasteiger partial charge on any atom is -0.382 e. The van der Waals surface area contributed by atoms with Crippen LogP contribution in [0.25, 0.3) is 9.69 Å². The molecule has 3 rings (SSSR count). The Morgan fingerprint density at radius 3 is 2.34 bits per heavy atom. The van der Waals surface area contributed by atoms with Gasteiger partial charge in [0.1, 0.15) is 5.60 Å². The molecular formula is C23H33N3O2S. The van der Waals surface area contributed by atoms with Crippen molar-refractivity contribution in [2.75, 3.05) is 0 Å². The number of rotatable bonds is 3. The summed E-state index contributed by atoms with van der Waals surface area (Å²) in [5, 5.41) is 13.5. The maximum absolute atomic E-state index is 11.0. The van der Waals surface area contributed by atoms with Crippen LogP contribution in [0, 0.1) is 30.9 Å². The Balaban J connectivity index is 1.98. The molecule has 1 aliphatic heterocycles. The van der Waals surface area contributed by atoms with Gasteiger partial charge < -0.3 is 19.5 Å². The number of aliphatic imine (C=N–C) groups is 1. The van der Waals surface area contributed by atoms with E-state index in [4.69, 9.17) is 30.1 Å². The van der Waals surface area contributed by atoms with Gasteiger partial charge in [-0.1, -0.05) is 0 Å². The topological polar surface area (TPSA) is 50.5 Å². The summed E-state index contributed by atoms with van der Waals surface area (Å²) in [6, 6.07) is -0.501. The predicted molar refractivity (Wildman–Crippen MR) is 117 cm³/mol. The monoisotopic (exact) mass is 415 g/mol. The maximum Gasteiger partial charge on any atom is 0.255 e. The Morgan fingerprint density at radius 1 is 1.10 bits per heavy atom. The van der Waals surface area contributed by atoms with Gasteiger partial charge in [-0.05, 0) is 77.9 Å². The lowest BCUT2D eigenvalue weighted by Crippen LogP contribution is -2.61. The Hall–Kier alpha value is -1.30. The van der Waals surface area contributed by atoms with E-state index in [1.165, 1.54) is 0 Å². The summed E-state index contributed by atoms with van der Waals surface area (Å²) in [5.74, 6) is 0.222. The van der Waals surface area contributed by atoms with Gasteiger partial charge in [-0.3, -0.25) is 0 Å². The normalized spacial score (nSPS) is 47.4. The van der Waals surface area contributed by atoms with E-state index < -0.39 is 22.7 Å². The molecule has 0 aromatic carbocycles. The molecule has 3 unspecified atom stereocenters. The number of hydrogen-bond acceptors (Lipinski definition) is 4. The first-order valence-corrected chi connectivity index (χ1v) is 11.1. The molecule has 0 spiro atoms. The summed E-state index contributed by atoms with van der Waals surface area (Å²) >= 11 is 4.83. The Labute approximate surface area is 180 Å². The third kappa shape index (κ3) is 3.66. The van der Waals surface area contributed by atoms with Crippen molar-refractivity contribution >= 4 is 17.4 Å². The summed E-state index contributed by atoms with van der Waals surface area (Å²) in [6.07, 6.45) is 4.77. The zero-order chi connectivity index (χ0) is 21.7. The molecule has 0 radical (unpaired) electrons. The highest BCUT2D eigenvalue weighted by molar-refractivity contribution is 7.78. The van der Waals surface area contributed by atoms with Crippen LogP contribution in [0.1, 0.15) is 73.1 Å². The molecule has 158 valence electrons. The van der Waals surface area contributed by atoms with Crippen LogP contribution in [0.5, 0.6) is 0 Å². The van der Waals surface area contributed by atoms with Crippen molar-refractivity contribution < 1.29 is 9.84 Å². The summed E-state index contributed by atoms with van der Waals surface area (Å²) < 4.78 is 6.68. The van der Waals surface area contributed by atoms with Crippen LogP contribution in [0.2, 0.25) is 0 Å². The lowest BCUT2D eigenvalue weighted by molar-refractivity contribution is -0.149. The highest BCUT2D eigenvalue weighted by atomic mass is 32.1. The molecule has 1 heterocycles. The average Bonchev–Trinajstić information content (AvgIpc) is 3.05. The summed E-state index contributed by atoms with van der Waals surface area (Å²) in [5.41, 5.74) is -2.30. The number of aliphatic hydroxyl groups is 1. The number of fused-ring (bicyclic) bond motifs is 1. The molecule has 0 aromatic heterocycles. The van der Waals surface area contributed by atoms with Crippen LogP contribution < -0.4 is 0 Å². The highest BCUT2D eigenvalue weighted by Gasteiger charge is 2.66. The first kappa shape index (κ1) is 22.4. The lowest BCUT2D eigenvalue weighted by Gasteiger charge is -2.53. The zero-order valence-corrected chi connectivity index (χ0v) is 19.1. The van der Waals surface area contributed by atoms with E-state index in [-0.39, 0.29) is 29.5 Å². The third-order valence-electron chi connectivity index (χ3n) is 8.27. The van der Waals surface area contributed by atoms with Gasteiger partial charge in [0, 0.05) is 19.3 Å². The van der Waals surface area contributed by atoms with Crippen LogP contribution in [0.15, 0.2) is 4.99 Å². The van der Waals surface area contributed by atoms with E-state index >= 15 is 0 Å². The van der Waals surface area contributed by atoms with Crippen LogP contribution in [0.4, 0.5) is 0 Å². The molecule has 5 nitrogen and oxygen atoms in total. The highest BCUT2D eigenvalue weighted by Crippen LogP contribution is 2.58. The SMILES string of the molecule is [C-]#[N+][C@@H]1C2C([C@@]3(C)CCC(C(C)(C)N=C=S)O3)CC[C@](C)([N+]#[C-])[C@H]2CC[C@@]1(C)O. The smallest absolute Gasteiger partial charge is 0.255 e. The predicted octanol–water partition coefficient (Wildman–Crippen LogP) is 4.96. The molecule has 6 heteroatoms. The number of ether oxygens (including phenoxy) is 1. The molecule has 0 amide bonds. The van der Waals surface area contributed by atoms with Gasteiger partial charge in [-0.15, -0.1) is 0 Å². The molecule has 29 heavy (non-hydrogen) atoms. The number of thiocarbonyl (C=S) groups is 1. The molecule has 0 aromatic rings. The second-order valence-corrected chi connectivity index (χ2v) is 10.8. The van der Waals surface area contributed by atoms with Gasteiger partial charge in [0.15, 0.2) is 0 Å². The van der Waals surface area contributed by atoms with Crippen LogP contribution in [0.3, 0.4) is 0 Å². The minimum atomic E-state index is -1.02. The van der Waals surface area contributed by atoms with E-state index in [1.807, 2.05) is 20.8 Å². The van der Waals surface area contributed by atoms with Crippen molar-refractivity contribution in [3.05, 3.63) is 22.8 Å². The third-order valence-corrected chi connectivity index (χ3v) is 8.36. The number of nitrogens with zero attached hydrogens (tertiary/aromatic N) is 3. The van der Waals surface area contributed by atoms with Gasteiger partial charge in [-0.2, -0.15) is 0 Å². The maximum atomic E-state index is 11.0. The fourth-order valence-corrected chi connectivity index (χ4v) is 6.61. The van der Waals surface area contributed by atoms with Crippen molar-refractivity contribution in [3.63, 3.8) is 0 Å². The summed E-state index contributed by atoms with van der Waals surface area (Å²) in [7, 11) is 0. The molecule has 2 saturated carbocycles. The molecular weight excluding hydrogens is 382 g/mol. The fraction of sp³-hybridized carbons (Fsp3) is 0.870. The van der Waals surface area contributed by atoms with Crippen molar-refractivity contribution in [2.45, 2.75) is 108 Å². The largest absolute Gasteiger partial charge is 0.382 e. The van der Waals surface area contributed by atoms with E-state index in [1.54, 1.807) is 6.92 Å².